The maximum Gasteiger partial charge on any atom is 0.226 e. The first-order valence-electron chi connectivity index (χ1n) is 9.07. The number of halogens is 1. The van der Waals surface area contributed by atoms with Crippen LogP contribution in [0.15, 0.2) is 9.52 Å². The molecule has 1 fully saturated rings. The summed E-state index contributed by atoms with van der Waals surface area (Å²) in [6.45, 7) is 18.1. The van der Waals surface area contributed by atoms with Gasteiger partial charge in [-0.3, -0.25) is 4.99 Å². The smallest absolute Gasteiger partial charge is 0.226 e. The van der Waals surface area contributed by atoms with Crippen molar-refractivity contribution in [2.45, 2.75) is 72.8 Å². The Hall–Kier alpha value is -0.860. The lowest BCUT2D eigenvalue weighted by Gasteiger charge is -2.62. The van der Waals surface area contributed by atoms with Crippen molar-refractivity contribution in [2.75, 3.05) is 19.6 Å². The highest BCUT2D eigenvalue weighted by atomic mass is 127. The van der Waals surface area contributed by atoms with Crippen molar-refractivity contribution in [2.24, 2.45) is 10.4 Å². The van der Waals surface area contributed by atoms with Crippen LogP contribution in [-0.2, 0) is 6.42 Å². The predicted octanol–water partition coefficient (Wildman–Crippen LogP) is 3.83. The van der Waals surface area contributed by atoms with Crippen LogP contribution < -0.4 is 5.32 Å². The minimum Gasteiger partial charge on any atom is -0.356 e. The molecule has 144 valence electrons. The Morgan fingerprint density at radius 1 is 1.32 bits per heavy atom. The Morgan fingerprint density at radius 3 is 2.48 bits per heavy atom. The molecule has 0 saturated carbocycles. The summed E-state index contributed by atoms with van der Waals surface area (Å²) < 4.78 is 5.29. The number of aryl methyl sites for hydroxylation is 1. The zero-order chi connectivity index (χ0) is 18.0. The van der Waals surface area contributed by atoms with Crippen LogP contribution in [-0.4, -0.2) is 46.2 Å². The first-order chi connectivity index (χ1) is 11.2. The number of hydrogen-bond acceptors (Lipinski definition) is 4. The zero-order valence-electron chi connectivity index (χ0n) is 16.7. The maximum atomic E-state index is 5.29. The van der Waals surface area contributed by atoms with Crippen molar-refractivity contribution in [1.82, 2.24) is 20.4 Å². The summed E-state index contributed by atoms with van der Waals surface area (Å²) in [7, 11) is 0. The Bertz CT molecular complexity index is 580. The number of rotatable bonds is 6. The average Bonchev–Trinajstić information content (AvgIpc) is 2.97. The fourth-order valence-electron chi connectivity index (χ4n) is 2.81. The first kappa shape index (κ1) is 22.2. The molecule has 0 spiro atoms. The van der Waals surface area contributed by atoms with Gasteiger partial charge in [0, 0.05) is 42.9 Å². The van der Waals surface area contributed by atoms with Crippen molar-refractivity contribution in [3.05, 3.63) is 11.7 Å². The second-order valence-electron chi connectivity index (χ2n) is 8.07. The number of hydrogen-bond donors (Lipinski definition) is 1. The lowest BCUT2D eigenvalue weighted by Crippen LogP contribution is -2.72. The lowest BCUT2D eigenvalue weighted by molar-refractivity contribution is -0.0667. The highest BCUT2D eigenvalue weighted by Gasteiger charge is 2.53. The molecule has 2 heterocycles. The Kier molecular flexibility index (Phi) is 7.71. The fourth-order valence-corrected chi connectivity index (χ4v) is 2.81. The molecule has 0 amide bonds. The fraction of sp³-hybridized carbons (Fsp3) is 0.833. The molecule has 0 unspecified atom stereocenters. The molecule has 7 heteroatoms. The van der Waals surface area contributed by atoms with Crippen molar-refractivity contribution < 1.29 is 4.52 Å². The van der Waals surface area contributed by atoms with Crippen LogP contribution in [0.2, 0.25) is 0 Å². The van der Waals surface area contributed by atoms with Crippen molar-refractivity contribution in [3.63, 3.8) is 0 Å². The number of nitrogens with one attached hydrogen (secondary N) is 1. The van der Waals surface area contributed by atoms with Gasteiger partial charge in [0.25, 0.3) is 0 Å². The quantitative estimate of drug-likeness (QED) is 0.301. The standard InChI is InChI=1S/C18H33N5O.HI/c1-8-19-16(23-12-17(4,5)18(23,6)7)20-11-9-10-14-21-15(13(2)3)22-24-14;/h13H,8-12H2,1-7H3,(H,19,20);1H. The number of nitrogens with zero attached hydrogens (tertiary/aromatic N) is 4. The van der Waals surface area contributed by atoms with E-state index in [1.165, 1.54) is 0 Å². The molecular formula is C18H34IN5O. The second-order valence-corrected chi connectivity index (χ2v) is 8.07. The van der Waals surface area contributed by atoms with E-state index in [1.807, 2.05) is 0 Å². The van der Waals surface area contributed by atoms with Crippen LogP contribution in [0.3, 0.4) is 0 Å². The highest BCUT2D eigenvalue weighted by molar-refractivity contribution is 14.0. The number of likely N-dealkylation sites (tertiary alicyclic amines) is 1. The largest absolute Gasteiger partial charge is 0.356 e. The van der Waals surface area contributed by atoms with Gasteiger partial charge in [0.15, 0.2) is 11.8 Å². The maximum absolute atomic E-state index is 5.29. The summed E-state index contributed by atoms with van der Waals surface area (Å²) in [5.41, 5.74) is 0.423. The molecule has 0 aliphatic carbocycles. The van der Waals surface area contributed by atoms with Gasteiger partial charge < -0.3 is 14.7 Å². The molecule has 25 heavy (non-hydrogen) atoms. The van der Waals surface area contributed by atoms with Gasteiger partial charge >= 0.3 is 0 Å². The monoisotopic (exact) mass is 463 g/mol. The lowest BCUT2D eigenvalue weighted by atomic mass is 9.65. The number of guanidine groups is 1. The SMILES string of the molecule is CCNC(=NCCCc1nc(C(C)C)no1)N1CC(C)(C)C1(C)C.I. The molecule has 1 aromatic rings. The van der Waals surface area contributed by atoms with E-state index >= 15 is 0 Å². The van der Waals surface area contributed by atoms with E-state index in [1.54, 1.807) is 0 Å². The van der Waals surface area contributed by atoms with E-state index in [0.29, 0.717) is 17.2 Å². The third-order valence-electron chi connectivity index (χ3n) is 5.29. The van der Waals surface area contributed by atoms with E-state index in [4.69, 9.17) is 9.52 Å². The second kappa shape index (κ2) is 8.68. The Labute approximate surface area is 169 Å². The molecule has 2 rings (SSSR count). The molecule has 1 N–H and O–H groups in total. The van der Waals surface area contributed by atoms with Crippen LogP contribution in [0.1, 0.15) is 72.5 Å². The summed E-state index contributed by atoms with van der Waals surface area (Å²) in [6, 6.07) is 0. The third-order valence-corrected chi connectivity index (χ3v) is 5.29. The Balaban J connectivity index is 0.00000312. The van der Waals surface area contributed by atoms with Crippen molar-refractivity contribution >= 4 is 29.9 Å². The van der Waals surface area contributed by atoms with Gasteiger partial charge in [-0.25, -0.2) is 0 Å². The number of aliphatic imine (C=N–C) groups is 1. The first-order valence-corrected chi connectivity index (χ1v) is 9.07. The highest BCUT2D eigenvalue weighted by Crippen LogP contribution is 2.46. The molecule has 0 bridgehead atoms. The number of aromatic nitrogens is 2. The summed E-state index contributed by atoms with van der Waals surface area (Å²) in [5.74, 6) is 2.81. The van der Waals surface area contributed by atoms with Crippen LogP contribution in [0.4, 0.5) is 0 Å². The van der Waals surface area contributed by atoms with Crippen LogP contribution in [0, 0.1) is 5.41 Å². The molecule has 1 aliphatic heterocycles. The molecule has 6 nitrogen and oxygen atoms in total. The summed E-state index contributed by atoms with van der Waals surface area (Å²) in [5, 5.41) is 7.42. The average molecular weight is 463 g/mol. The van der Waals surface area contributed by atoms with E-state index in [-0.39, 0.29) is 29.5 Å². The van der Waals surface area contributed by atoms with Gasteiger partial charge in [0.1, 0.15) is 0 Å². The molecule has 0 aromatic carbocycles. The van der Waals surface area contributed by atoms with E-state index < -0.39 is 0 Å². The molecule has 1 aliphatic rings. The Morgan fingerprint density at radius 2 is 2.00 bits per heavy atom. The summed E-state index contributed by atoms with van der Waals surface area (Å²) in [4.78, 5) is 11.6. The summed E-state index contributed by atoms with van der Waals surface area (Å²) >= 11 is 0. The minimum absolute atomic E-state index is 0. The van der Waals surface area contributed by atoms with Gasteiger partial charge in [-0.05, 0) is 27.2 Å². The van der Waals surface area contributed by atoms with Gasteiger partial charge in [0.05, 0.1) is 0 Å². The van der Waals surface area contributed by atoms with Gasteiger partial charge in [-0.2, -0.15) is 4.98 Å². The van der Waals surface area contributed by atoms with Crippen LogP contribution in [0.25, 0.3) is 0 Å². The minimum atomic E-state index is 0. The molecule has 0 radical (unpaired) electrons. The van der Waals surface area contributed by atoms with Crippen LogP contribution in [0.5, 0.6) is 0 Å². The van der Waals surface area contributed by atoms with Crippen molar-refractivity contribution in [1.29, 1.82) is 0 Å². The van der Waals surface area contributed by atoms with E-state index in [9.17, 15) is 0 Å². The predicted molar refractivity (Wildman–Crippen MR) is 113 cm³/mol. The molecule has 1 aromatic heterocycles. The molecular weight excluding hydrogens is 429 g/mol. The van der Waals surface area contributed by atoms with E-state index in [0.717, 1.165) is 44.3 Å². The van der Waals surface area contributed by atoms with Crippen LogP contribution >= 0.6 is 24.0 Å². The van der Waals surface area contributed by atoms with E-state index in [2.05, 4.69) is 68.8 Å². The summed E-state index contributed by atoms with van der Waals surface area (Å²) in [6.07, 6.45) is 1.68. The normalized spacial score (nSPS) is 18.7. The van der Waals surface area contributed by atoms with Gasteiger partial charge in [-0.1, -0.05) is 32.9 Å². The van der Waals surface area contributed by atoms with Gasteiger partial charge in [-0.15, -0.1) is 24.0 Å². The third kappa shape index (κ3) is 4.86. The topological polar surface area (TPSA) is 66.5 Å². The zero-order valence-corrected chi connectivity index (χ0v) is 19.0. The van der Waals surface area contributed by atoms with Gasteiger partial charge in [0.2, 0.25) is 5.89 Å². The van der Waals surface area contributed by atoms with Crippen molar-refractivity contribution in [3.8, 4) is 0 Å². The molecule has 1 saturated heterocycles. The molecule has 0 atom stereocenters.